The molecule has 0 aromatic heterocycles. The minimum absolute atomic E-state index is 0.0121. The molecule has 0 bridgehead atoms. The second-order valence-electron chi connectivity index (χ2n) is 5.92. The summed E-state index contributed by atoms with van der Waals surface area (Å²) in [5.74, 6) is 2.51. The molecule has 0 radical (unpaired) electrons. The predicted molar refractivity (Wildman–Crippen MR) is 163 cm³/mol. The highest BCUT2D eigenvalue weighted by molar-refractivity contribution is 8.17. The van der Waals surface area contributed by atoms with E-state index in [4.69, 9.17) is 34.2 Å². The average Bonchev–Trinajstić information content (AvgIpc) is 2.89. The summed E-state index contributed by atoms with van der Waals surface area (Å²) >= 11 is 11.5. The quantitative estimate of drug-likeness (QED) is 0.0313. The van der Waals surface area contributed by atoms with Crippen molar-refractivity contribution in [3.8, 4) is 0 Å². The summed E-state index contributed by atoms with van der Waals surface area (Å²) in [6.07, 6.45) is 0. The average molecular weight is 679 g/mol. The Morgan fingerprint density at radius 3 is 1.51 bits per heavy atom. The molecule has 37 heavy (non-hydrogen) atoms. The highest BCUT2D eigenvalue weighted by Gasteiger charge is 2.06. The lowest BCUT2D eigenvalue weighted by Gasteiger charge is -2.06. The Balaban J connectivity index is 3.27. The second kappa shape index (κ2) is 31.6. The van der Waals surface area contributed by atoms with E-state index in [1.165, 1.54) is 82.3 Å². The molecule has 0 saturated carbocycles. The molecule has 0 aliphatic rings. The van der Waals surface area contributed by atoms with E-state index in [2.05, 4.69) is 0 Å². The van der Waals surface area contributed by atoms with Crippen LogP contribution < -0.4 is 0 Å². The van der Waals surface area contributed by atoms with Gasteiger partial charge in [-0.05, 0) is 0 Å². The van der Waals surface area contributed by atoms with E-state index in [1.54, 1.807) is 11.8 Å². The Morgan fingerprint density at radius 2 is 0.946 bits per heavy atom. The van der Waals surface area contributed by atoms with Crippen LogP contribution >= 0.6 is 94.1 Å². The number of thioether (sulfide) groups is 8. The summed E-state index contributed by atoms with van der Waals surface area (Å²) in [6.45, 7) is 1.05. The maximum absolute atomic E-state index is 11.7. The van der Waals surface area contributed by atoms with Crippen molar-refractivity contribution in [3.05, 3.63) is 0 Å². The van der Waals surface area contributed by atoms with Crippen LogP contribution in [0.4, 0.5) is 0 Å². The summed E-state index contributed by atoms with van der Waals surface area (Å²) in [5.41, 5.74) is 0. The lowest BCUT2D eigenvalue weighted by Crippen LogP contribution is -2.10. The molecular formula is C19H34O10S8. The molecule has 0 amide bonds. The first-order valence-corrected chi connectivity index (χ1v) is 19.9. The van der Waals surface area contributed by atoms with Gasteiger partial charge in [-0.1, -0.05) is 0 Å². The third-order valence-electron chi connectivity index (χ3n) is 3.15. The number of esters is 3. The van der Waals surface area contributed by atoms with Gasteiger partial charge in [0.1, 0.15) is 25.1 Å². The molecule has 0 aromatic rings. The fourth-order valence-electron chi connectivity index (χ4n) is 1.69. The van der Waals surface area contributed by atoms with Gasteiger partial charge in [0.25, 0.3) is 0 Å². The Hall–Kier alpha value is 1.05. The molecule has 0 aliphatic carbocycles. The molecule has 0 spiro atoms. The first kappa shape index (κ1) is 38.0. The Bertz CT molecular complexity index is 565. The first-order valence-electron chi connectivity index (χ1n) is 10.6. The minimum Gasteiger partial charge on any atom is -0.464 e. The number of ether oxygens (including phenoxy) is 3. The van der Waals surface area contributed by atoms with Crippen molar-refractivity contribution in [2.24, 2.45) is 0 Å². The van der Waals surface area contributed by atoms with Crippen molar-refractivity contribution in [2.75, 3.05) is 93.3 Å². The maximum atomic E-state index is 11.7. The topological polar surface area (TPSA) is 138 Å². The molecule has 0 rings (SSSR count). The van der Waals surface area contributed by atoms with Crippen LogP contribution in [0.5, 0.6) is 0 Å². The van der Waals surface area contributed by atoms with Gasteiger partial charge in [-0.2, -0.15) is 0 Å². The molecule has 18 heteroatoms. The predicted octanol–water partition coefficient (Wildman–Crippen LogP) is 3.12. The van der Waals surface area contributed by atoms with Crippen LogP contribution in [0.2, 0.25) is 0 Å². The van der Waals surface area contributed by atoms with E-state index in [-0.39, 0.29) is 53.8 Å². The molecule has 0 aliphatic heterocycles. The number of carbonyl (C=O) groups is 3. The van der Waals surface area contributed by atoms with Crippen molar-refractivity contribution in [3.63, 3.8) is 0 Å². The number of rotatable bonds is 28. The smallest absolute Gasteiger partial charge is 0.316 e. The van der Waals surface area contributed by atoms with E-state index in [9.17, 15) is 14.4 Å². The molecule has 0 saturated heterocycles. The van der Waals surface area contributed by atoms with Crippen molar-refractivity contribution < 1.29 is 48.6 Å². The Kier molecular flexibility index (Phi) is 32.5. The molecule has 0 heterocycles. The van der Waals surface area contributed by atoms with Gasteiger partial charge in [-0.25, -0.2) is 9.78 Å². The summed E-state index contributed by atoms with van der Waals surface area (Å²) < 4.78 is 15.1. The Labute approximate surface area is 252 Å². The molecule has 0 aromatic carbocycles. The SMILES string of the molecule is O=C(CSCSCCOOCSCSCOC(=O)CSCSCC(=O)OCCSCO)OCCSCO. The molecule has 0 fully saturated rings. The normalized spacial score (nSPS) is 10.9. The number of hydrogen-bond donors (Lipinski definition) is 2. The molecule has 0 unspecified atom stereocenters. The molecule has 218 valence electrons. The van der Waals surface area contributed by atoms with Crippen LogP contribution in [0, 0.1) is 0 Å². The minimum atomic E-state index is -0.300. The monoisotopic (exact) mass is 678 g/mol. The zero-order valence-electron chi connectivity index (χ0n) is 20.2. The lowest BCUT2D eigenvalue weighted by molar-refractivity contribution is -0.274. The fourth-order valence-corrected chi connectivity index (χ4v) is 7.07. The standard InChI is InChI=1S/C19H34O10S8/c20-10-30-4-1-25-17(22)7-33-14-32-6-3-28-29-13-37-16-36-12-27-19(24)9-35-15-34-8-18(23)26-2-5-31-11-21/h20-21H,1-16H2. The van der Waals surface area contributed by atoms with Gasteiger partial charge in [0, 0.05) is 32.5 Å². The van der Waals surface area contributed by atoms with E-state index in [0.29, 0.717) is 46.6 Å². The van der Waals surface area contributed by atoms with Crippen LogP contribution in [0.25, 0.3) is 0 Å². The molecular weight excluding hydrogens is 645 g/mol. The van der Waals surface area contributed by atoms with Crippen molar-refractivity contribution in [1.82, 2.24) is 0 Å². The summed E-state index contributed by atoms with van der Waals surface area (Å²) in [4.78, 5) is 44.7. The number of aliphatic hydroxyl groups is 2. The highest BCUT2D eigenvalue weighted by Crippen LogP contribution is 2.16. The summed E-state index contributed by atoms with van der Waals surface area (Å²) in [7, 11) is 0. The molecule has 10 nitrogen and oxygen atoms in total. The zero-order chi connectivity index (χ0) is 27.2. The van der Waals surface area contributed by atoms with Crippen LogP contribution in [0.1, 0.15) is 0 Å². The van der Waals surface area contributed by atoms with Crippen LogP contribution in [0.15, 0.2) is 0 Å². The van der Waals surface area contributed by atoms with Gasteiger partial charge >= 0.3 is 17.9 Å². The van der Waals surface area contributed by atoms with Crippen molar-refractivity contribution in [1.29, 1.82) is 0 Å². The van der Waals surface area contributed by atoms with E-state index in [0.717, 1.165) is 10.8 Å². The molecule has 2 N–H and O–H groups in total. The Morgan fingerprint density at radius 1 is 0.486 bits per heavy atom. The van der Waals surface area contributed by atoms with Gasteiger partial charge in [0.2, 0.25) is 0 Å². The van der Waals surface area contributed by atoms with Gasteiger partial charge in [0.05, 0.1) is 35.7 Å². The third-order valence-corrected chi connectivity index (χ3v) is 10.8. The number of aliphatic hydroxyl groups excluding tert-OH is 2. The largest absolute Gasteiger partial charge is 0.464 e. The third kappa shape index (κ3) is 31.4. The summed E-state index contributed by atoms with van der Waals surface area (Å²) in [6, 6.07) is 0. The van der Waals surface area contributed by atoms with Gasteiger partial charge in [-0.3, -0.25) is 14.4 Å². The van der Waals surface area contributed by atoms with Crippen LogP contribution in [-0.4, -0.2) is 121 Å². The summed E-state index contributed by atoms with van der Waals surface area (Å²) in [5, 5.41) is 19.3. The lowest BCUT2D eigenvalue weighted by atomic mass is 10.8. The van der Waals surface area contributed by atoms with Crippen molar-refractivity contribution in [2.45, 2.75) is 0 Å². The number of carbonyl (C=O) groups excluding carboxylic acids is 3. The molecule has 0 atom stereocenters. The van der Waals surface area contributed by atoms with Crippen LogP contribution in [0.3, 0.4) is 0 Å². The van der Waals surface area contributed by atoms with Crippen molar-refractivity contribution >= 4 is 112 Å². The first-order chi connectivity index (χ1) is 18.1. The number of hydrogen-bond acceptors (Lipinski definition) is 18. The van der Waals surface area contributed by atoms with Gasteiger partial charge < -0.3 is 24.4 Å². The maximum Gasteiger partial charge on any atom is 0.316 e. The zero-order valence-corrected chi connectivity index (χ0v) is 26.8. The van der Waals surface area contributed by atoms with E-state index in [1.807, 2.05) is 0 Å². The second-order valence-corrected chi connectivity index (χ2v) is 15.1. The van der Waals surface area contributed by atoms with Gasteiger partial charge in [-0.15, -0.1) is 94.1 Å². The highest BCUT2D eigenvalue weighted by atomic mass is 32.2. The van der Waals surface area contributed by atoms with E-state index >= 15 is 0 Å². The van der Waals surface area contributed by atoms with Crippen LogP contribution in [-0.2, 0) is 38.4 Å². The van der Waals surface area contributed by atoms with E-state index < -0.39 is 0 Å². The van der Waals surface area contributed by atoms with Gasteiger partial charge in [0.15, 0.2) is 0 Å². The fraction of sp³-hybridized carbons (Fsp3) is 0.842.